The summed E-state index contributed by atoms with van der Waals surface area (Å²) < 4.78 is 28.2. The lowest BCUT2D eigenvalue weighted by Crippen LogP contribution is -2.33. The van der Waals surface area contributed by atoms with Crippen molar-refractivity contribution in [1.29, 1.82) is 0 Å². The number of H-pyrrole nitrogens is 1. The summed E-state index contributed by atoms with van der Waals surface area (Å²) in [5.41, 5.74) is -0.0429. The van der Waals surface area contributed by atoms with E-state index in [2.05, 4.69) is 15.4 Å². The van der Waals surface area contributed by atoms with Gasteiger partial charge < -0.3 is 5.32 Å². The van der Waals surface area contributed by atoms with Gasteiger partial charge in [0.05, 0.1) is 0 Å². The van der Waals surface area contributed by atoms with Gasteiger partial charge in [0.1, 0.15) is 11.6 Å². The zero-order valence-electron chi connectivity index (χ0n) is 13.7. The summed E-state index contributed by atoms with van der Waals surface area (Å²) in [6.45, 7) is 0.376. The molecule has 1 aromatic carbocycles. The quantitative estimate of drug-likeness (QED) is 0.860. The molecule has 1 spiro atoms. The Morgan fingerprint density at radius 3 is 2.72 bits per heavy atom. The highest BCUT2D eigenvalue weighted by Crippen LogP contribution is 2.79. The maximum atomic E-state index is 14.0. The minimum absolute atomic E-state index is 0.0406. The van der Waals surface area contributed by atoms with Crippen molar-refractivity contribution in [3.63, 3.8) is 0 Å². The van der Waals surface area contributed by atoms with E-state index >= 15 is 0 Å². The number of rotatable bonds is 5. The minimum Gasteiger partial charge on any atom is -0.349 e. The molecule has 132 valence electrons. The van der Waals surface area contributed by atoms with Crippen molar-refractivity contribution in [2.24, 2.45) is 17.9 Å². The summed E-state index contributed by atoms with van der Waals surface area (Å²) in [6.07, 6.45) is 3.49. The van der Waals surface area contributed by atoms with Crippen LogP contribution in [-0.4, -0.2) is 27.2 Å². The van der Waals surface area contributed by atoms with Gasteiger partial charge in [0.25, 0.3) is 5.91 Å². The van der Waals surface area contributed by atoms with Crippen LogP contribution >= 0.6 is 0 Å². The molecule has 25 heavy (non-hydrogen) atoms. The van der Waals surface area contributed by atoms with E-state index in [4.69, 9.17) is 0 Å². The Morgan fingerprint density at radius 1 is 1.40 bits per heavy atom. The molecule has 1 atom stereocenters. The molecule has 2 saturated carbocycles. The number of benzene rings is 1. The molecule has 4 rings (SSSR count). The predicted molar refractivity (Wildman–Crippen MR) is 84.9 cm³/mol. The van der Waals surface area contributed by atoms with Gasteiger partial charge in [-0.1, -0.05) is 6.07 Å². The average molecular weight is 348 g/mol. The normalized spacial score (nSPS) is 22.8. The van der Waals surface area contributed by atoms with Crippen LogP contribution in [0.2, 0.25) is 0 Å². The lowest BCUT2D eigenvalue weighted by atomic mass is 9.92. The van der Waals surface area contributed by atoms with Crippen LogP contribution in [0.1, 0.15) is 35.4 Å². The van der Waals surface area contributed by atoms with E-state index in [0.29, 0.717) is 18.5 Å². The van der Waals surface area contributed by atoms with Crippen LogP contribution in [0.3, 0.4) is 0 Å². The van der Waals surface area contributed by atoms with E-state index < -0.39 is 23.2 Å². The number of aromatic amines is 1. The summed E-state index contributed by atoms with van der Waals surface area (Å²) in [5.74, 6) is -1.65. The van der Waals surface area contributed by atoms with Crippen LogP contribution in [0.25, 0.3) is 0 Å². The van der Waals surface area contributed by atoms with Gasteiger partial charge in [0, 0.05) is 19.7 Å². The fourth-order valence-corrected chi connectivity index (χ4v) is 3.89. The molecule has 2 N–H and O–H groups in total. The summed E-state index contributed by atoms with van der Waals surface area (Å²) in [4.78, 5) is 26.0. The molecule has 6 nitrogen and oxygen atoms in total. The molecule has 1 aromatic heterocycles. The van der Waals surface area contributed by atoms with Crippen LogP contribution in [0.15, 0.2) is 23.0 Å². The van der Waals surface area contributed by atoms with Crippen LogP contribution in [0.4, 0.5) is 8.78 Å². The third kappa shape index (κ3) is 2.65. The smallest absolute Gasteiger partial charge is 0.343 e. The number of halogens is 2. The van der Waals surface area contributed by atoms with E-state index in [1.807, 2.05) is 0 Å². The molecule has 8 heteroatoms. The van der Waals surface area contributed by atoms with Crippen molar-refractivity contribution in [2.75, 3.05) is 6.54 Å². The molecule has 2 aliphatic rings. The second-order valence-corrected chi connectivity index (χ2v) is 7.23. The highest BCUT2D eigenvalue weighted by molar-refractivity contribution is 5.90. The average Bonchev–Trinajstić information content (AvgIpc) is 3.43. The van der Waals surface area contributed by atoms with Gasteiger partial charge in [-0.25, -0.2) is 18.3 Å². The molecule has 0 bridgehead atoms. The van der Waals surface area contributed by atoms with Crippen molar-refractivity contribution >= 4 is 5.91 Å². The lowest BCUT2D eigenvalue weighted by Gasteiger charge is -2.18. The van der Waals surface area contributed by atoms with Crippen LogP contribution in [-0.2, 0) is 13.5 Å². The molecule has 1 amide bonds. The third-order valence-electron chi connectivity index (χ3n) is 5.65. The number of amides is 1. The standard InChI is InChI=1S/C17H18F2N4O2/c1-23-15(25)21-13(22-23)14(24)20-9-17(8-16(17)4-5-16)7-10-2-3-11(18)6-12(10)19/h2-3,6H,4-5,7-9H2,1H3,(H,20,24)(H,21,22,25)/t17-/m0/s1. The number of nitrogens with one attached hydrogen (secondary N) is 2. The molecule has 1 heterocycles. The van der Waals surface area contributed by atoms with Gasteiger partial charge in [0.2, 0.25) is 5.82 Å². The second-order valence-electron chi connectivity index (χ2n) is 7.23. The zero-order chi connectivity index (χ0) is 17.8. The molecule has 0 unspecified atom stereocenters. The van der Waals surface area contributed by atoms with Crippen molar-refractivity contribution in [2.45, 2.75) is 25.7 Å². The first-order valence-electron chi connectivity index (χ1n) is 8.20. The Hall–Kier alpha value is -2.51. The molecule has 2 aromatic rings. The number of aryl methyl sites for hydroxylation is 1. The largest absolute Gasteiger partial charge is 0.349 e. The van der Waals surface area contributed by atoms with Crippen LogP contribution in [0, 0.1) is 22.5 Å². The monoisotopic (exact) mass is 348 g/mol. The van der Waals surface area contributed by atoms with Crippen LogP contribution < -0.4 is 11.0 Å². The Bertz CT molecular complexity index is 916. The van der Waals surface area contributed by atoms with Gasteiger partial charge in [-0.2, -0.15) is 0 Å². The van der Waals surface area contributed by atoms with Gasteiger partial charge in [-0.15, -0.1) is 5.10 Å². The number of nitrogens with zero attached hydrogens (tertiary/aromatic N) is 2. The molecule has 0 aliphatic heterocycles. The Morgan fingerprint density at radius 2 is 2.16 bits per heavy atom. The lowest BCUT2D eigenvalue weighted by molar-refractivity contribution is 0.0932. The molecule has 2 aliphatic carbocycles. The summed E-state index contributed by atoms with van der Waals surface area (Å²) in [7, 11) is 1.45. The van der Waals surface area contributed by atoms with E-state index in [0.717, 1.165) is 30.0 Å². The first kappa shape index (κ1) is 16.0. The van der Waals surface area contributed by atoms with Crippen molar-refractivity contribution in [3.8, 4) is 0 Å². The first-order chi connectivity index (χ1) is 11.8. The fraction of sp³-hybridized carbons (Fsp3) is 0.471. The van der Waals surface area contributed by atoms with E-state index in [-0.39, 0.29) is 16.7 Å². The molecule has 2 fully saturated rings. The van der Waals surface area contributed by atoms with Gasteiger partial charge in [0.15, 0.2) is 0 Å². The van der Waals surface area contributed by atoms with Crippen molar-refractivity contribution in [3.05, 3.63) is 51.7 Å². The van der Waals surface area contributed by atoms with Crippen molar-refractivity contribution < 1.29 is 13.6 Å². The highest BCUT2D eigenvalue weighted by Gasteiger charge is 2.73. The van der Waals surface area contributed by atoms with Gasteiger partial charge >= 0.3 is 5.69 Å². The first-order valence-corrected chi connectivity index (χ1v) is 8.20. The fourth-order valence-electron chi connectivity index (χ4n) is 3.89. The van der Waals surface area contributed by atoms with E-state index in [1.54, 1.807) is 0 Å². The second kappa shape index (κ2) is 5.24. The molecular weight excluding hydrogens is 330 g/mol. The number of hydrogen-bond acceptors (Lipinski definition) is 3. The maximum absolute atomic E-state index is 14.0. The zero-order valence-corrected chi connectivity index (χ0v) is 13.7. The van der Waals surface area contributed by atoms with Gasteiger partial charge in [-0.05, 0) is 48.1 Å². The SMILES string of the molecule is Cn1nc(C(=O)NC[C@]2(Cc3ccc(F)cc3F)CC23CC3)[nH]c1=O. The van der Waals surface area contributed by atoms with E-state index in [1.165, 1.54) is 19.2 Å². The van der Waals surface area contributed by atoms with Crippen molar-refractivity contribution in [1.82, 2.24) is 20.1 Å². The Labute approximate surface area is 142 Å². The minimum atomic E-state index is -0.598. The number of carbonyl (C=O) groups excluding carboxylic acids is 1. The summed E-state index contributed by atoms with van der Waals surface area (Å²) in [6, 6.07) is 3.62. The molecule has 0 saturated heterocycles. The number of aromatic nitrogens is 3. The molecular formula is C17H18F2N4O2. The Balaban J connectivity index is 1.48. The highest BCUT2D eigenvalue weighted by atomic mass is 19.1. The number of carbonyl (C=O) groups is 1. The van der Waals surface area contributed by atoms with Gasteiger partial charge in [-0.3, -0.25) is 9.78 Å². The summed E-state index contributed by atoms with van der Waals surface area (Å²) >= 11 is 0. The Kier molecular flexibility index (Phi) is 3.35. The van der Waals surface area contributed by atoms with E-state index in [9.17, 15) is 18.4 Å². The third-order valence-corrected chi connectivity index (χ3v) is 5.65. The maximum Gasteiger partial charge on any atom is 0.343 e. The molecule has 0 radical (unpaired) electrons. The van der Waals surface area contributed by atoms with Crippen LogP contribution in [0.5, 0.6) is 0 Å². The topological polar surface area (TPSA) is 79.8 Å². The predicted octanol–water partition coefficient (Wildman–Crippen LogP) is 1.53. The number of hydrogen-bond donors (Lipinski definition) is 2. The summed E-state index contributed by atoms with van der Waals surface area (Å²) in [5, 5.41) is 6.63.